The molecule has 3 nitrogen and oxygen atoms in total. The van der Waals surface area contributed by atoms with Crippen molar-refractivity contribution in [2.45, 2.75) is 0 Å². The van der Waals surface area contributed by atoms with E-state index in [0.717, 1.165) is 5.56 Å². The van der Waals surface area contributed by atoms with E-state index in [9.17, 15) is 4.79 Å². The van der Waals surface area contributed by atoms with Crippen LogP contribution >= 0.6 is 0 Å². The first kappa shape index (κ1) is 12.7. The monoisotopic (exact) mass is 252 g/mol. The number of esters is 1. The Morgan fingerprint density at radius 1 is 1.00 bits per heavy atom. The Hall–Kier alpha value is -2.73. The minimum absolute atomic E-state index is 0.433. The molecule has 0 saturated carbocycles. The van der Waals surface area contributed by atoms with E-state index in [-0.39, 0.29) is 0 Å². The maximum absolute atomic E-state index is 11.7. The van der Waals surface area contributed by atoms with Crippen LogP contribution in [0.25, 0.3) is 0 Å². The standard InChI is InChI=1S/C16H12O3/c1-18-15-9-7-14(8-10-15)16(17)19-12-11-13-5-3-2-4-6-13/h2-10H,1H3. The summed E-state index contributed by atoms with van der Waals surface area (Å²) in [6.07, 6.45) is 2.40. The van der Waals surface area contributed by atoms with Gasteiger partial charge in [0.05, 0.1) is 12.7 Å². The van der Waals surface area contributed by atoms with Gasteiger partial charge in [-0.1, -0.05) is 18.2 Å². The average molecular weight is 252 g/mol. The van der Waals surface area contributed by atoms with Gasteiger partial charge < -0.3 is 9.47 Å². The predicted molar refractivity (Wildman–Crippen MR) is 71.7 cm³/mol. The fraction of sp³-hybridized carbons (Fsp3) is 0.0625. The topological polar surface area (TPSA) is 35.5 Å². The second-order valence-corrected chi connectivity index (χ2v) is 3.71. The van der Waals surface area contributed by atoms with Crippen molar-refractivity contribution in [2.75, 3.05) is 7.11 Å². The van der Waals surface area contributed by atoms with Crippen molar-refractivity contribution < 1.29 is 14.3 Å². The van der Waals surface area contributed by atoms with Crippen LogP contribution in [0.1, 0.15) is 15.9 Å². The van der Waals surface area contributed by atoms with E-state index in [1.165, 1.54) is 0 Å². The van der Waals surface area contributed by atoms with Crippen molar-refractivity contribution in [1.82, 2.24) is 0 Å². The van der Waals surface area contributed by atoms with Crippen molar-refractivity contribution in [3.8, 4) is 17.8 Å². The predicted octanol–water partition coefficient (Wildman–Crippen LogP) is 2.86. The van der Waals surface area contributed by atoms with Crippen LogP contribution in [-0.2, 0) is 4.74 Å². The number of ether oxygens (including phenoxy) is 2. The van der Waals surface area contributed by atoms with Crippen LogP contribution in [0.15, 0.2) is 54.6 Å². The van der Waals surface area contributed by atoms with Gasteiger partial charge in [-0.2, -0.15) is 0 Å². The lowest BCUT2D eigenvalue weighted by Gasteiger charge is -2.00. The molecule has 2 aromatic carbocycles. The second-order valence-electron chi connectivity index (χ2n) is 3.71. The van der Waals surface area contributed by atoms with Crippen LogP contribution in [0.2, 0.25) is 0 Å². The highest BCUT2D eigenvalue weighted by Gasteiger charge is 2.05. The van der Waals surface area contributed by atoms with E-state index in [4.69, 9.17) is 9.47 Å². The quantitative estimate of drug-likeness (QED) is 0.609. The Morgan fingerprint density at radius 3 is 2.32 bits per heavy atom. The van der Waals surface area contributed by atoms with Crippen LogP contribution in [-0.4, -0.2) is 13.1 Å². The van der Waals surface area contributed by atoms with Gasteiger partial charge in [-0.05, 0) is 42.3 Å². The molecule has 2 aromatic rings. The Balaban J connectivity index is 2.00. The SMILES string of the molecule is COc1ccc(C(=O)OC#Cc2ccccc2)cc1. The van der Waals surface area contributed by atoms with Gasteiger partial charge in [0.25, 0.3) is 0 Å². The number of benzene rings is 2. The lowest BCUT2D eigenvalue weighted by molar-refractivity contribution is 0.0690. The summed E-state index contributed by atoms with van der Waals surface area (Å²) < 4.78 is 9.87. The number of carbonyl (C=O) groups excluding carboxylic acids is 1. The third-order valence-electron chi connectivity index (χ3n) is 2.44. The van der Waals surface area contributed by atoms with Gasteiger partial charge in [-0.25, -0.2) is 4.79 Å². The molecule has 94 valence electrons. The van der Waals surface area contributed by atoms with E-state index in [0.29, 0.717) is 11.3 Å². The molecule has 2 rings (SSSR count). The summed E-state index contributed by atoms with van der Waals surface area (Å²) in [5.41, 5.74) is 1.23. The zero-order valence-electron chi connectivity index (χ0n) is 10.4. The highest BCUT2D eigenvalue weighted by molar-refractivity contribution is 5.90. The molecule has 0 fully saturated rings. The Bertz CT molecular complexity index is 604. The van der Waals surface area contributed by atoms with E-state index >= 15 is 0 Å². The van der Waals surface area contributed by atoms with Crippen molar-refractivity contribution in [3.63, 3.8) is 0 Å². The minimum Gasteiger partial charge on any atom is -0.497 e. The van der Waals surface area contributed by atoms with Gasteiger partial charge in [-0.15, -0.1) is 0 Å². The lowest BCUT2D eigenvalue weighted by Crippen LogP contribution is -2.00. The van der Waals surface area contributed by atoms with Gasteiger partial charge in [0.1, 0.15) is 11.9 Å². The number of carbonyl (C=O) groups is 1. The first-order valence-electron chi connectivity index (χ1n) is 5.71. The van der Waals surface area contributed by atoms with Crippen LogP contribution in [0.3, 0.4) is 0 Å². The smallest absolute Gasteiger partial charge is 0.352 e. The Morgan fingerprint density at radius 2 is 1.68 bits per heavy atom. The summed E-state index contributed by atoms with van der Waals surface area (Å²) in [7, 11) is 1.57. The fourth-order valence-corrected chi connectivity index (χ4v) is 1.44. The van der Waals surface area contributed by atoms with E-state index in [2.05, 4.69) is 12.0 Å². The van der Waals surface area contributed by atoms with Gasteiger partial charge in [0, 0.05) is 5.56 Å². The molecule has 0 bridgehead atoms. The van der Waals surface area contributed by atoms with E-state index in [1.807, 2.05) is 30.3 Å². The minimum atomic E-state index is -0.480. The summed E-state index contributed by atoms with van der Waals surface area (Å²) in [4.78, 5) is 11.7. The first-order valence-corrected chi connectivity index (χ1v) is 5.71. The maximum Gasteiger partial charge on any atom is 0.352 e. The van der Waals surface area contributed by atoms with Crippen LogP contribution < -0.4 is 4.74 Å². The summed E-state index contributed by atoms with van der Waals surface area (Å²) in [6, 6.07) is 16.0. The highest BCUT2D eigenvalue weighted by atomic mass is 16.5. The molecule has 0 radical (unpaired) electrons. The van der Waals surface area contributed by atoms with E-state index < -0.39 is 5.97 Å². The van der Waals surface area contributed by atoms with Crippen LogP contribution in [0, 0.1) is 12.0 Å². The molecule has 0 unspecified atom stereocenters. The fourth-order valence-electron chi connectivity index (χ4n) is 1.44. The average Bonchev–Trinajstić information content (AvgIpc) is 2.48. The Kier molecular flexibility index (Phi) is 4.20. The largest absolute Gasteiger partial charge is 0.497 e. The molecule has 0 amide bonds. The van der Waals surface area contributed by atoms with Crippen molar-refractivity contribution in [1.29, 1.82) is 0 Å². The molecular weight excluding hydrogens is 240 g/mol. The zero-order chi connectivity index (χ0) is 13.5. The van der Waals surface area contributed by atoms with Gasteiger partial charge >= 0.3 is 5.97 Å². The van der Waals surface area contributed by atoms with Crippen molar-refractivity contribution in [2.24, 2.45) is 0 Å². The number of rotatable bonds is 2. The molecule has 0 spiro atoms. The normalized spacial score (nSPS) is 9.11. The molecular formula is C16H12O3. The van der Waals surface area contributed by atoms with Gasteiger partial charge in [0.2, 0.25) is 0 Å². The van der Waals surface area contributed by atoms with Gasteiger partial charge in [0.15, 0.2) is 0 Å². The summed E-state index contributed by atoms with van der Waals surface area (Å²) >= 11 is 0. The van der Waals surface area contributed by atoms with Gasteiger partial charge in [-0.3, -0.25) is 0 Å². The number of hydrogen-bond acceptors (Lipinski definition) is 3. The molecule has 19 heavy (non-hydrogen) atoms. The molecule has 0 aromatic heterocycles. The van der Waals surface area contributed by atoms with Crippen molar-refractivity contribution >= 4 is 5.97 Å². The van der Waals surface area contributed by atoms with Crippen LogP contribution in [0.5, 0.6) is 5.75 Å². The third-order valence-corrected chi connectivity index (χ3v) is 2.44. The third kappa shape index (κ3) is 3.62. The zero-order valence-corrected chi connectivity index (χ0v) is 10.4. The van der Waals surface area contributed by atoms with Crippen LogP contribution in [0.4, 0.5) is 0 Å². The number of methoxy groups -OCH3 is 1. The van der Waals surface area contributed by atoms with E-state index in [1.54, 1.807) is 31.4 Å². The first-order chi connectivity index (χ1) is 9.29. The van der Waals surface area contributed by atoms with Crippen molar-refractivity contribution in [3.05, 3.63) is 65.7 Å². The molecule has 0 heterocycles. The molecule has 3 heteroatoms. The second kappa shape index (κ2) is 6.27. The molecule has 0 atom stereocenters. The highest BCUT2D eigenvalue weighted by Crippen LogP contribution is 2.11. The summed E-state index contributed by atoms with van der Waals surface area (Å²) in [5, 5.41) is 0. The number of hydrogen-bond donors (Lipinski definition) is 0. The molecule has 0 N–H and O–H groups in total. The maximum atomic E-state index is 11.7. The molecule has 0 saturated heterocycles. The molecule has 0 aliphatic rings. The molecule has 0 aliphatic carbocycles. The summed E-state index contributed by atoms with van der Waals surface area (Å²) in [5.74, 6) is 2.96. The summed E-state index contributed by atoms with van der Waals surface area (Å²) in [6.45, 7) is 0. The molecule has 0 aliphatic heterocycles. The lowest BCUT2D eigenvalue weighted by atomic mass is 10.2. The Labute approximate surface area is 111 Å².